The summed E-state index contributed by atoms with van der Waals surface area (Å²) in [6, 6.07) is 10.2. The highest BCUT2D eigenvalue weighted by atomic mass is 35.5. The largest absolute Gasteiger partial charge is 0.355 e. The number of benzene rings is 1. The fourth-order valence-corrected chi connectivity index (χ4v) is 3.55. The topological polar surface area (TPSA) is 44.4 Å². The van der Waals surface area contributed by atoms with Crippen molar-refractivity contribution >= 4 is 30.1 Å². The molecular weight excluding hydrogens is 330 g/mol. The number of carbonyl (C=O) groups excluding carboxylic acids is 1. The van der Waals surface area contributed by atoms with Crippen LogP contribution in [0.2, 0.25) is 0 Å². The van der Waals surface area contributed by atoms with Crippen LogP contribution in [0.25, 0.3) is 0 Å². The summed E-state index contributed by atoms with van der Waals surface area (Å²) < 4.78 is 0. The van der Waals surface area contributed by atoms with Gasteiger partial charge in [-0.25, -0.2) is 0 Å². The van der Waals surface area contributed by atoms with Crippen LogP contribution in [0, 0.1) is 0 Å². The Balaban J connectivity index is 0.00000264. The minimum Gasteiger partial charge on any atom is -0.355 e. The van der Waals surface area contributed by atoms with Crippen LogP contribution >= 0.6 is 24.2 Å². The van der Waals surface area contributed by atoms with Crippen molar-refractivity contribution in [1.29, 1.82) is 0 Å². The molecule has 23 heavy (non-hydrogen) atoms. The molecule has 1 aromatic rings. The lowest BCUT2D eigenvalue weighted by Crippen LogP contribution is -2.44. The van der Waals surface area contributed by atoms with Crippen molar-refractivity contribution in [3.05, 3.63) is 30.3 Å². The maximum absolute atomic E-state index is 12.3. The first-order valence-electron chi connectivity index (χ1n) is 8.22. The molecule has 1 unspecified atom stereocenters. The number of nitrogens with one attached hydrogen (secondary N) is 2. The highest BCUT2D eigenvalue weighted by Gasteiger charge is 2.17. The molecule has 1 heterocycles. The average molecular weight is 358 g/mol. The third kappa shape index (κ3) is 7.57. The zero-order valence-electron chi connectivity index (χ0n) is 13.8. The van der Waals surface area contributed by atoms with Gasteiger partial charge < -0.3 is 15.5 Å². The van der Waals surface area contributed by atoms with Crippen LogP contribution in [0.15, 0.2) is 35.2 Å². The maximum atomic E-state index is 12.3. The molecule has 0 bridgehead atoms. The standard InChI is InChI=1S/C17H27N3OS.ClH/c1-2-16(22-15-7-4-3-5-8-15)17(21)19-9-6-12-20-13-10-18-11-14-20;/h3-5,7-8,16,18H,2,6,9-14H2,1H3,(H,19,21);1H. The predicted molar refractivity (Wildman–Crippen MR) is 101 cm³/mol. The van der Waals surface area contributed by atoms with E-state index in [2.05, 4.69) is 34.6 Å². The van der Waals surface area contributed by atoms with E-state index in [1.165, 1.54) is 0 Å². The van der Waals surface area contributed by atoms with Crippen LogP contribution in [0.5, 0.6) is 0 Å². The molecule has 1 saturated heterocycles. The summed E-state index contributed by atoms with van der Waals surface area (Å²) in [4.78, 5) is 15.9. The number of nitrogens with zero attached hydrogens (tertiary/aromatic N) is 1. The Morgan fingerprint density at radius 3 is 2.65 bits per heavy atom. The van der Waals surface area contributed by atoms with Crippen LogP contribution < -0.4 is 10.6 Å². The lowest BCUT2D eigenvalue weighted by atomic mass is 10.3. The molecule has 1 fully saturated rings. The van der Waals surface area contributed by atoms with Gasteiger partial charge in [-0.1, -0.05) is 25.1 Å². The molecule has 0 aliphatic carbocycles. The van der Waals surface area contributed by atoms with Crippen molar-refractivity contribution in [2.24, 2.45) is 0 Å². The SMILES string of the molecule is CCC(Sc1ccccc1)C(=O)NCCCN1CCNCC1.Cl. The fourth-order valence-electron chi connectivity index (χ4n) is 2.55. The van der Waals surface area contributed by atoms with E-state index in [0.717, 1.165) is 57.0 Å². The molecule has 1 aliphatic heterocycles. The van der Waals surface area contributed by atoms with Gasteiger partial charge in [-0.2, -0.15) is 0 Å². The van der Waals surface area contributed by atoms with Crippen molar-refractivity contribution in [2.75, 3.05) is 39.3 Å². The van der Waals surface area contributed by atoms with Crippen LogP contribution in [-0.2, 0) is 4.79 Å². The van der Waals surface area contributed by atoms with E-state index < -0.39 is 0 Å². The third-order valence-corrected chi connectivity index (χ3v) is 5.22. The number of halogens is 1. The van der Waals surface area contributed by atoms with Gasteiger partial charge in [0.05, 0.1) is 5.25 Å². The summed E-state index contributed by atoms with van der Waals surface area (Å²) in [5.74, 6) is 0.164. The van der Waals surface area contributed by atoms with E-state index in [0.29, 0.717) is 0 Å². The summed E-state index contributed by atoms with van der Waals surface area (Å²) in [7, 11) is 0. The Morgan fingerprint density at radius 1 is 1.30 bits per heavy atom. The quantitative estimate of drug-likeness (QED) is 0.554. The van der Waals surface area contributed by atoms with Crippen LogP contribution in [0.1, 0.15) is 19.8 Å². The Hall–Kier alpha value is -0.750. The number of carbonyl (C=O) groups is 1. The van der Waals surface area contributed by atoms with E-state index >= 15 is 0 Å². The van der Waals surface area contributed by atoms with Gasteiger partial charge in [-0.3, -0.25) is 4.79 Å². The van der Waals surface area contributed by atoms with Gasteiger partial charge in [0.25, 0.3) is 0 Å². The lowest BCUT2D eigenvalue weighted by molar-refractivity contribution is -0.120. The molecule has 0 saturated carbocycles. The van der Waals surface area contributed by atoms with Crippen LogP contribution in [0.3, 0.4) is 0 Å². The van der Waals surface area contributed by atoms with Crippen LogP contribution in [0.4, 0.5) is 0 Å². The summed E-state index contributed by atoms with van der Waals surface area (Å²) in [5, 5.41) is 6.45. The van der Waals surface area contributed by atoms with Crippen LogP contribution in [-0.4, -0.2) is 55.3 Å². The highest BCUT2D eigenvalue weighted by molar-refractivity contribution is 8.00. The second-order valence-electron chi connectivity index (χ2n) is 5.56. The zero-order chi connectivity index (χ0) is 15.6. The van der Waals surface area contributed by atoms with Gasteiger partial charge in [-0.15, -0.1) is 24.2 Å². The van der Waals surface area contributed by atoms with E-state index in [1.807, 2.05) is 18.2 Å². The molecule has 130 valence electrons. The van der Waals surface area contributed by atoms with Gasteiger partial charge >= 0.3 is 0 Å². The number of amides is 1. The van der Waals surface area contributed by atoms with Crippen molar-refractivity contribution in [3.63, 3.8) is 0 Å². The summed E-state index contributed by atoms with van der Waals surface area (Å²) in [5.41, 5.74) is 0. The van der Waals surface area contributed by atoms with Crippen molar-refractivity contribution in [2.45, 2.75) is 29.9 Å². The van der Waals surface area contributed by atoms with Gasteiger partial charge in [0.15, 0.2) is 0 Å². The first-order chi connectivity index (χ1) is 10.8. The number of hydrogen-bond acceptors (Lipinski definition) is 4. The molecule has 0 spiro atoms. The molecule has 2 N–H and O–H groups in total. The second kappa shape index (κ2) is 11.7. The minimum absolute atomic E-state index is 0. The molecule has 0 radical (unpaired) electrons. The number of hydrogen-bond donors (Lipinski definition) is 2. The molecule has 4 nitrogen and oxygen atoms in total. The lowest BCUT2D eigenvalue weighted by Gasteiger charge is -2.27. The van der Waals surface area contributed by atoms with E-state index in [1.54, 1.807) is 11.8 Å². The Bertz CT molecular complexity index is 441. The Morgan fingerprint density at radius 2 is 2.00 bits per heavy atom. The van der Waals surface area contributed by atoms with Crippen molar-refractivity contribution in [3.8, 4) is 0 Å². The third-order valence-electron chi connectivity index (χ3n) is 3.84. The first-order valence-corrected chi connectivity index (χ1v) is 9.10. The number of piperazine rings is 1. The van der Waals surface area contributed by atoms with Gasteiger partial charge in [-0.05, 0) is 31.5 Å². The second-order valence-corrected chi connectivity index (χ2v) is 6.84. The fraction of sp³-hybridized carbons (Fsp3) is 0.588. The van der Waals surface area contributed by atoms with E-state index in [-0.39, 0.29) is 23.6 Å². The summed E-state index contributed by atoms with van der Waals surface area (Å²) in [6.07, 6.45) is 1.88. The smallest absolute Gasteiger partial charge is 0.233 e. The first kappa shape index (κ1) is 20.3. The summed E-state index contributed by atoms with van der Waals surface area (Å²) >= 11 is 1.65. The maximum Gasteiger partial charge on any atom is 0.233 e. The van der Waals surface area contributed by atoms with E-state index in [4.69, 9.17) is 0 Å². The molecule has 1 aromatic carbocycles. The Labute approximate surface area is 150 Å². The van der Waals surface area contributed by atoms with Gasteiger partial charge in [0, 0.05) is 37.6 Å². The number of thioether (sulfide) groups is 1. The molecule has 1 amide bonds. The van der Waals surface area contributed by atoms with E-state index in [9.17, 15) is 4.79 Å². The average Bonchev–Trinajstić information content (AvgIpc) is 2.58. The molecule has 1 atom stereocenters. The summed E-state index contributed by atoms with van der Waals surface area (Å²) in [6.45, 7) is 8.32. The molecule has 2 rings (SSSR count). The minimum atomic E-state index is 0. The highest BCUT2D eigenvalue weighted by Crippen LogP contribution is 2.25. The van der Waals surface area contributed by atoms with Gasteiger partial charge in [0.1, 0.15) is 0 Å². The van der Waals surface area contributed by atoms with Crippen molar-refractivity contribution in [1.82, 2.24) is 15.5 Å². The monoisotopic (exact) mass is 357 g/mol. The van der Waals surface area contributed by atoms with Gasteiger partial charge in [0.2, 0.25) is 5.91 Å². The molecular formula is C17H28ClN3OS. The Kier molecular flexibility index (Phi) is 10.4. The molecule has 1 aliphatic rings. The normalized spacial score (nSPS) is 16.4. The van der Waals surface area contributed by atoms with Crippen molar-refractivity contribution < 1.29 is 4.79 Å². The predicted octanol–water partition coefficient (Wildman–Crippen LogP) is 2.39. The molecule has 6 heteroatoms. The number of rotatable bonds is 8. The molecule has 0 aromatic heterocycles. The zero-order valence-corrected chi connectivity index (χ0v) is 15.4.